The zero-order chi connectivity index (χ0) is 14.7. The lowest BCUT2D eigenvalue weighted by Gasteiger charge is -2.13. The number of aromatic nitrogens is 2. The summed E-state index contributed by atoms with van der Waals surface area (Å²) in [6.45, 7) is 1.85. The Morgan fingerprint density at radius 2 is 2.05 bits per heavy atom. The monoisotopic (exact) mass is 336 g/mol. The van der Waals surface area contributed by atoms with Gasteiger partial charge in [0.05, 0.1) is 20.4 Å². The first-order valence-corrected chi connectivity index (χ1v) is 6.61. The zero-order valence-corrected chi connectivity index (χ0v) is 12.9. The zero-order valence-electron chi connectivity index (χ0n) is 11.3. The molecular formula is C14H13BrN2O3. The van der Waals surface area contributed by atoms with E-state index in [1.165, 1.54) is 7.11 Å². The molecule has 5 nitrogen and oxygen atoms in total. The maximum atomic E-state index is 12.0. The molecule has 0 aliphatic carbocycles. The number of carbonyl (C=O) groups is 1. The molecule has 6 heteroatoms. The predicted octanol–water partition coefficient (Wildman–Crippen LogP) is 3.01. The van der Waals surface area contributed by atoms with Gasteiger partial charge in [-0.05, 0) is 35.0 Å². The van der Waals surface area contributed by atoms with Crippen molar-refractivity contribution in [2.45, 2.75) is 6.92 Å². The Balaban J connectivity index is 2.75. The van der Waals surface area contributed by atoms with Gasteiger partial charge in [-0.2, -0.15) is 0 Å². The lowest BCUT2D eigenvalue weighted by molar-refractivity contribution is 0.0600. The molecule has 0 fully saturated rings. The topological polar surface area (TPSA) is 61.3 Å². The van der Waals surface area contributed by atoms with Crippen molar-refractivity contribution < 1.29 is 14.3 Å². The third kappa shape index (κ3) is 2.65. The number of esters is 1. The van der Waals surface area contributed by atoms with Crippen LogP contribution in [0.1, 0.15) is 16.1 Å². The lowest BCUT2D eigenvalue weighted by atomic mass is 10.0. The molecule has 0 spiro atoms. The maximum Gasteiger partial charge on any atom is 0.341 e. The first kappa shape index (κ1) is 14.5. The Hall–Kier alpha value is -1.95. The van der Waals surface area contributed by atoms with Crippen LogP contribution in [0.3, 0.4) is 0 Å². The van der Waals surface area contributed by atoms with E-state index in [1.54, 1.807) is 25.6 Å². The molecule has 2 aromatic heterocycles. The van der Waals surface area contributed by atoms with Crippen LogP contribution in [0.25, 0.3) is 11.1 Å². The minimum Gasteiger partial charge on any atom is -0.494 e. The molecule has 104 valence electrons. The summed E-state index contributed by atoms with van der Waals surface area (Å²) < 4.78 is 10.6. The standard InChI is InChI=1S/C14H13BrN2O3/c1-8-6-10(9-4-5-16-7-11(9)19-2)12(13(15)17-8)14(18)20-3/h4-7H,1-3H3. The summed E-state index contributed by atoms with van der Waals surface area (Å²) in [5.74, 6) is 0.119. The number of methoxy groups -OCH3 is 2. The molecule has 0 atom stereocenters. The van der Waals surface area contributed by atoms with E-state index in [4.69, 9.17) is 9.47 Å². The molecular weight excluding hydrogens is 324 g/mol. The molecule has 0 aliphatic heterocycles. The number of hydrogen-bond donors (Lipinski definition) is 0. The van der Waals surface area contributed by atoms with Crippen LogP contribution in [0.5, 0.6) is 5.75 Å². The van der Waals surface area contributed by atoms with Gasteiger partial charge in [-0.25, -0.2) is 9.78 Å². The summed E-state index contributed by atoms with van der Waals surface area (Å²) in [6.07, 6.45) is 3.24. The van der Waals surface area contributed by atoms with Gasteiger partial charge in [-0.3, -0.25) is 4.98 Å². The van der Waals surface area contributed by atoms with Gasteiger partial charge >= 0.3 is 5.97 Å². The van der Waals surface area contributed by atoms with E-state index < -0.39 is 5.97 Å². The van der Waals surface area contributed by atoms with Crippen molar-refractivity contribution in [3.8, 4) is 16.9 Å². The van der Waals surface area contributed by atoms with Crippen molar-refractivity contribution in [1.82, 2.24) is 9.97 Å². The van der Waals surface area contributed by atoms with E-state index in [1.807, 2.05) is 13.0 Å². The van der Waals surface area contributed by atoms with Crippen molar-refractivity contribution >= 4 is 21.9 Å². The van der Waals surface area contributed by atoms with E-state index in [9.17, 15) is 4.79 Å². The second-order valence-corrected chi connectivity index (χ2v) is 4.80. The molecule has 0 unspecified atom stereocenters. The summed E-state index contributed by atoms with van der Waals surface area (Å²) in [4.78, 5) is 20.2. The van der Waals surface area contributed by atoms with Gasteiger partial charge in [0, 0.05) is 23.0 Å². The second-order valence-electron chi connectivity index (χ2n) is 4.04. The average Bonchev–Trinajstić information content (AvgIpc) is 2.45. The van der Waals surface area contributed by atoms with E-state index in [0.29, 0.717) is 21.5 Å². The number of carbonyl (C=O) groups excluding carboxylic acids is 1. The largest absolute Gasteiger partial charge is 0.494 e. The molecule has 0 amide bonds. The normalized spacial score (nSPS) is 10.2. The fourth-order valence-electron chi connectivity index (χ4n) is 1.91. The van der Waals surface area contributed by atoms with Crippen LogP contribution in [0.2, 0.25) is 0 Å². The highest BCUT2D eigenvalue weighted by Crippen LogP contribution is 2.34. The Labute approximate surface area is 125 Å². The fraction of sp³-hybridized carbons (Fsp3) is 0.214. The quantitative estimate of drug-likeness (QED) is 0.636. The summed E-state index contributed by atoms with van der Waals surface area (Å²) >= 11 is 3.31. The number of ether oxygens (including phenoxy) is 2. The average molecular weight is 337 g/mol. The fourth-order valence-corrected chi connectivity index (χ4v) is 2.56. The van der Waals surface area contributed by atoms with Crippen molar-refractivity contribution in [3.63, 3.8) is 0 Å². The number of halogens is 1. The van der Waals surface area contributed by atoms with Crippen LogP contribution in [0.4, 0.5) is 0 Å². The van der Waals surface area contributed by atoms with Gasteiger partial charge in [0.2, 0.25) is 0 Å². The molecule has 20 heavy (non-hydrogen) atoms. The van der Waals surface area contributed by atoms with Gasteiger partial charge in [-0.15, -0.1) is 0 Å². The second kappa shape index (κ2) is 6.00. The van der Waals surface area contributed by atoms with Crippen LogP contribution in [-0.4, -0.2) is 30.2 Å². The lowest BCUT2D eigenvalue weighted by Crippen LogP contribution is -2.07. The van der Waals surface area contributed by atoms with E-state index >= 15 is 0 Å². The summed E-state index contributed by atoms with van der Waals surface area (Å²) in [5, 5.41) is 0. The first-order valence-electron chi connectivity index (χ1n) is 5.82. The maximum absolute atomic E-state index is 12.0. The van der Waals surface area contributed by atoms with Crippen LogP contribution in [0, 0.1) is 6.92 Å². The van der Waals surface area contributed by atoms with Gasteiger partial charge in [0.25, 0.3) is 0 Å². The third-order valence-electron chi connectivity index (χ3n) is 2.79. The molecule has 0 saturated heterocycles. The van der Waals surface area contributed by atoms with Crippen LogP contribution < -0.4 is 4.74 Å². The van der Waals surface area contributed by atoms with Gasteiger partial charge in [0.1, 0.15) is 15.9 Å². The number of rotatable bonds is 3. The number of nitrogens with zero attached hydrogens (tertiary/aromatic N) is 2. The van der Waals surface area contributed by atoms with Gasteiger partial charge in [-0.1, -0.05) is 0 Å². The molecule has 2 rings (SSSR count). The van der Waals surface area contributed by atoms with Gasteiger partial charge < -0.3 is 9.47 Å². The Morgan fingerprint density at radius 1 is 1.30 bits per heavy atom. The molecule has 0 aromatic carbocycles. The minimum atomic E-state index is -0.460. The molecule has 2 aromatic rings. The molecule has 0 saturated carbocycles. The first-order chi connectivity index (χ1) is 9.58. The van der Waals surface area contributed by atoms with E-state index in [-0.39, 0.29) is 0 Å². The number of pyridine rings is 2. The smallest absolute Gasteiger partial charge is 0.341 e. The summed E-state index contributed by atoms with van der Waals surface area (Å²) in [5.41, 5.74) is 2.59. The van der Waals surface area contributed by atoms with Crippen LogP contribution >= 0.6 is 15.9 Å². The Bertz CT molecular complexity index is 659. The van der Waals surface area contributed by atoms with Crippen molar-refractivity contribution in [3.05, 3.63) is 40.4 Å². The van der Waals surface area contributed by atoms with Crippen LogP contribution in [-0.2, 0) is 4.74 Å². The molecule has 0 radical (unpaired) electrons. The number of aryl methyl sites for hydroxylation is 1. The molecule has 0 aliphatic rings. The SMILES string of the molecule is COC(=O)c1c(-c2ccncc2OC)cc(C)nc1Br. The molecule has 2 heterocycles. The Kier molecular flexibility index (Phi) is 4.34. The van der Waals surface area contributed by atoms with E-state index in [0.717, 1.165) is 11.3 Å². The molecule has 0 bridgehead atoms. The minimum absolute atomic E-state index is 0.364. The highest BCUT2D eigenvalue weighted by Gasteiger charge is 2.21. The Morgan fingerprint density at radius 3 is 2.70 bits per heavy atom. The van der Waals surface area contributed by atoms with Crippen molar-refractivity contribution in [2.24, 2.45) is 0 Å². The van der Waals surface area contributed by atoms with Crippen molar-refractivity contribution in [1.29, 1.82) is 0 Å². The number of hydrogen-bond acceptors (Lipinski definition) is 5. The highest BCUT2D eigenvalue weighted by atomic mass is 79.9. The van der Waals surface area contributed by atoms with Crippen LogP contribution in [0.15, 0.2) is 29.1 Å². The highest BCUT2D eigenvalue weighted by molar-refractivity contribution is 9.10. The predicted molar refractivity (Wildman–Crippen MR) is 77.8 cm³/mol. The van der Waals surface area contributed by atoms with Crippen molar-refractivity contribution in [2.75, 3.05) is 14.2 Å². The van der Waals surface area contributed by atoms with E-state index in [2.05, 4.69) is 25.9 Å². The summed E-state index contributed by atoms with van der Waals surface area (Å²) in [7, 11) is 2.89. The third-order valence-corrected chi connectivity index (χ3v) is 3.36. The summed E-state index contributed by atoms with van der Waals surface area (Å²) in [6, 6.07) is 3.60. The molecule has 0 N–H and O–H groups in total. The van der Waals surface area contributed by atoms with Gasteiger partial charge in [0.15, 0.2) is 0 Å².